The second kappa shape index (κ2) is 46.0. The van der Waals surface area contributed by atoms with Crippen LogP contribution in [0.15, 0.2) is 0 Å². The highest BCUT2D eigenvalue weighted by atomic mass is 32.2. The van der Waals surface area contributed by atoms with E-state index in [1.807, 2.05) is 0 Å². The monoisotopic (exact) mass is 1080 g/mol. The van der Waals surface area contributed by atoms with E-state index in [4.69, 9.17) is 28.4 Å². The summed E-state index contributed by atoms with van der Waals surface area (Å²) in [5.41, 5.74) is -0.744. The molecule has 0 aromatic carbocycles. The molecular formula is C64H116O10S. The minimum absolute atomic E-state index is 0.152. The largest absolute Gasteiger partial charge is 0.463 e. The molecule has 0 N–H and O–H groups in total. The summed E-state index contributed by atoms with van der Waals surface area (Å²) < 4.78 is 39.0. The molecule has 3 aliphatic rings. The Bertz CT molecular complexity index is 1410. The lowest BCUT2D eigenvalue weighted by molar-refractivity contribution is -0.239. The Morgan fingerprint density at radius 3 is 1.13 bits per heavy atom. The lowest BCUT2D eigenvalue weighted by Gasteiger charge is -2.45. The van der Waals surface area contributed by atoms with Crippen LogP contribution in [0, 0.1) is 0 Å². The number of ether oxygens (including phenoxy) is 6. The van der Waals surface area contributed by atoms with Crippen molar-refractivity contribution in [1.82, 2.24) is 0 Å². The van der Waals surface area contributed by atoms with Crippen LogP contribution in [0.5, 0.6) is 0 Å². The summed E-state index contributed by atoms with van der Waals surface area (Å²) in [6.07, 6.45) is 45.2. The fourth-order valence-corrected chi connectivity index (χ4v) is 12.9. The summed E-state index contributed by atoms with van der Waals surface area (Å²) in [4.78, 5) is 55.7. The third-order valence-corrected chi connectivity index (χ3v) is 17.6. The molecule has 10 nitrogen and oxygen atoms in total. The van der Waals surface area contributed by atoms with Crippen LogP contribution in [0.3, 0.4) is 0 Å². The van der Waals surface area contributed by atoms with Crippen molar-refractivity contribution in [2.24, 2.45) is 0 Å². The van der Waals surface area contributed by atoms with Gasteiger partial charge in [0.25, 0.3) is 0 Å². The summed E-state index contributed by atoms with van der Waals surface area (Å²) in [6, 6.07) is 0. The third-order valence-electron chi connectivity index (χ3n) is 16.1. The molecule has 75 heavy (non-hydrogen) atoms. The number of hydrogen-bond acceptors (Lipinski definition) is 11. The normalized spacial score (nSPS) is 21.9. The van der Waals surface area contributed by atoms with Crippen molar-refractivity contribution in [3.63, 3.8) is 0 Å². The SMILES string of the molecule is CCCCCCCCCCCC(=O)OC[C@H]1O[C@@H](SC2CCC(OC3CCCC3)C2)[C@H](OC(=O)CCCCCCCCCCC)[C@@H](OC(=O)CCCCCCCCCCC)[C@H]1OC(=O)CCCCCCCCCCC. The topological polar surface area (TPSA) is 124 Å². The smallest absolute Gasteiger partial charge is 0.306 e. The van der Waals surface area contributed by atoms with Crippen molar-refractivity contribution in [2.45, 2.75) is 377 Å². The minimum Gasteiger partial charge on any atom is -0.463 e. The highest BCUT2D eigenvalue weighted by Crippen LogP contribution is 2.42. The standard InChI is InChI=1S/C64H116O10S/c1-5-9-13-17-21-25-29-33-37-45-57(65)69-52-56-61(72-58(66)46-38-34-30-26-22-18-14-10-6-2)62(73-59(67)47-39-35-31-27-23-19-15-11-7-3)63(74-60(68)48-40-36-32-28-24-20-16-12-8-4)64(71-56)75-55-50-49-54(51-55)70-53-43-41-42-44-53/h53-56,61-64H,5-52H2,1-4H3/t54?,55?,56-,61+,62+,63-,64+/m1/s1. The van der Waals surface area contributed by atoms with Crippen molar-refractivity contribution in [2.75, 3.05) is 6.61 Å². The van der Waals surface area contributed by atoms with Crippen LogP contribution in [0.1, 0.15) is 329 Å². The van der Waals surface area contributed by atoms with Crippen molar-refractivity contribution < 1.29 is 47.6 Å². The summed E-state index contributed by atoms with van der Waals surface area (Å²) in [6.45, 7) is 8.79. The maximum Gasteiger partial charge on any atom is 0.306 e. The van der Waals surface area contributed by atoms with Gasteiger partial charge in [-0.05, 0) is 57.8 Å². The first-order valence-corrected chi connectivity index (χ1v) is 33.4. The van der Waals surface area contributed by atoms with Crippen LogP contribution in [0.25, 0.3) is 0 Å². The van der Waals surface area contributed by atoms with E-state index in [0.717, 1.165) is 109 Å². The molecule has 1 heterocycles. The molecule has 3 fully saturated rings. The van der Waals surface area contributed by atoms with Gasteiger partial charge >= 0.3 is 23.9 Å². The molecule has 3 rings (SSSR count). The van der Waals surface area contributed by atoms with Gasteiger partial charge in [0.05, 0.1) is 12.2 Å². The molecule has 7 atom stereocenters. The van der Waals surface area contributed by atoms with Crippen molar-refractivity contribution >= 4 is 35.6 Å². The van der Waals surface area contributed by atoms with E-state index in [1.54, 1.807) is 11.8 Å². The second-order valence-corrected chi connectivity index (χ2v) is 24.5. The van der Waals surface area contributed by atoms with Gasteiger partial charge in [0.2, 0.25) is 0 Å². The molecule has 0 aromatic heterocycles. The van der Waals surface area contributed by atoms with Crippen LogP contribution in [-0.4, -0.2) is 77.8 Å². The number of carbonyl (C=O) groups excluding carboxylic acids is 4. The summed E-state index contributed by atoms with van der Waals surface area (Å²) in [7, 11) is 0. The predicted molar refractivity (Wildman–Crippen MR) is 309 cm³/mol. The van der Waals surface area contributed by atoms with Crippen molar-refractivity contribution in [1.29, 1.82) is 0 Å². The lowest BCUT2D eigenvalue weighted by atomic mass is 9.98. The number of unbranched alkanes of at least 4 members (excludes halogenated alkanes) is 32. The van der Waals surface area contributed by atoms with Crippen molar-refractivity contribution in [3.05, 3.63) is 0 Å². The van der Waals surface area contributed by atoms with E-state index in [-0.39, 0.29) is 49.2 Å². The number of thioether (sulfide) groups is 1. The van der Waals surface area contributed by atoms with Gasteiger partial charge < -0.3 is 28.4 Å². The summed E-state index contributed by atoms with van der Waals surface area (Å²) >= 11 is 1.61. The van der Waals surface area contributed by atoms with Crippen molar-refractivity contribution in [3.8, 4) is 0 Å². The van der Waals surface area contributed by atoms with E-state index in [2.05, 4.69) is 27.7 Å². The van der Waals surface area contributed by atoms with Crippen LogP contribution in [0.4, 0.5) is 0 Å². The molecule has 0 spiro atoms. The summed E-state index contributed by atoms with van der Waals surface area (Å²) in [5, 5.41) is 0.152. The average Bonchev–Trinajstić information content (AvgIpc) is 4.10. The maximum absolute atomic E-state index is 14.1. The Hall–Kier alpha value is -1.85. The van der Waals surface area contributed by atoms with Crippen LogP contribution in [-0.2, 0) is 47.6 Å². The Kier molecular flexibility index (Phi) is 41.3. The Morgan fingerprint density at radius 2 is 0.733 bits per heavy atom. The van der Waals surface area contributed by atoms with E-state index < -0.39 is 41.8 Å². The second-order valence-electron chi connectivity index (χ2n) is 23.1. The Labute approximate surface area is 464 Å². The van der Waals surface area contributed by atoms with Gasteiger partial charge in [0, 0.05) is 30.9 Å². The minimum atomic E-state index is -1.13. The highest BCUT2D eigenvalue weighted by Gasteiger charge is 2.53. The summed E-state index contributed by atoms with van der Waals surface area (Å²) in [5.74, 6) is -1.50. The lowest BCUT2D eigenvalue weighted by Crippen LogP contribution is -2.62. The van der Waals surface area contributed by atoms with Gasteiger partial charge in [-0.25, -0.2) is 0 Å². The van der Waals surface area contributed by atoms with Gasteiger partial charge in [-0.15, -0.1) is 11.8 Å². The average molecular weight is 1080 g/mol. The number of rotatable bonds is 49. The molecule has 0 radical (unpaired) electrons. The van der Waals surface area contributed by atoms with Gasteiger partial charge in [-0.3, -0.25) is 19.2 Å². The van der Waals surface area contributed by atoms with E-state index in [1.165, 1.54) is 148 Å². The van der Waals surface area contributed by atoms with Gasteiger partial charge in [-0.1, -0.05) is 246 Å². The van der Waals surface area contributed by atoms with Gasteiger partial charge in [-0.2, -0.15) is 0 Å². The van der Waals surface area contributed by atoms with Crippen LogP contribution < -0.4 is 0 Å². The predicted octanol–water partition coefficient (Wildman–Crippen LogP) is 18.3. The molecule has 1 saturated heterocycles. The molecule has 1 aliphatic heterocycles. The van der Waals surface area contributed by atoms with Crippen LogP contribution >= 0.6 is 11.8 Å². The number of carbonyl (C=O) groups is 4. The van der Waals surface area contributed by atoms with E-state index in [0.29, 0.717) is 31.8 Å². The van der Waals surface area contributed by atoms with E-state index >= 15 is 0 Å². The molecule has 0 bridgehead atoms. The Balaban J connectivity index is 1.84. The maximum atomic E-state index is 14.1. The fraction of sp³-hybridized carbons (Fsp3) is 0.938. The highest BCUT2D eigenvalue weighted by molar-refractivity contribution is 8.00. The van der Waals surface area contributed by atoms with Crippen LogP contribution in [0.2, 0.25) is 0 Å². The zero-order valence-corrected chi connectivity index (χ0v) is 49.9. The molecule has 438 valence electrons. The molecule has 11 heteroatoms. The fourth-order valence-electron chi connectivity index (χ4n) is 11.4. The van der Waals surface area contributed by atoms with Gasteiger partial charge in [0.1, 0.15) is 18.1 Å². The number of esters is 4. The molecule has 2 unspecified atom stereocenters. The Morgan fingerprint density at radius 1 is 0.387 bits per heavy atom. The molecule has 0 aromatic rings. The number of hydrogen-bond donors (Lipinski definition) is 0. The zero-order chi connectivity index (χ0) is 53.8. The molecule has 2 saturated carbocycles. The first-order valence-electron chi connectivity index (χ1n) is 32.5. The first-order chi connectivity index (χ1) is 36.8. The molecular weight excluding hydrogens is 961 g/mol. The van der Waals surface area contributed by atoms with E-state index in [9.17, 15) is 19.2 Å². The van der Waals surface area contributed by atoms with Gasteiger partial charge in [0.15, 0.2) is 18.3 Å². The quantitative estimate of drug-likeness (QED) is 0.0329. The molecule has 0 amide bonds. The first kappa shape index (κ1) is 67.4. The molecule has 2 aliphatic carbocycles. The third kappa shape index (κ3) is 33.4. The zero-order valence-electron chi connectivity index (χ0n) is 49.1.